The maximum atomic E-state index is 12.4. The molecule has 0 aliphatic heterocycles. The van der Waals surface area contributed by atoms with Crippen LogP contribution in [0.5, 0.6) is 0 Å². The minimum absolute atomic E-state index is 0.0302. The fraction of sp³-hybridized carbons (Fsp3) is 0.150. The Labute approximate surface area is 165 Å². The second kappa shape index (κ2) is 6.86. The predicted octanol–water partition coefficient (Wildman–Crippen LogP) is 1.95. The predicted molar refractivity (Wildman–Crippen MR) is 105 cm³/mol. The van der Waals surface area contributed by atoms with Crippen molar-refractivity contribution in [2.75, 3.05) is 0 Å². The lowest BCUT2D eigenvalue weighted by atomic mass is 9.94. The van der Waals surface area contributed by atoms with E-state index in [1.165, 1.54) is 0 Å². The van der Waals surface area contributed by atoms with Gasteiger partial charge in [0.25, 0.3) is 5.91 Å². The van der Waals surface area contributed by atoms with Crippen LogP contribution >= 0.6 is 0 Å². The summed E-state index contributed by atoms with van der Waals surface area (Å²) in [5.41, 5.74) is 14.1. The number of aromatic nitrogens is 4. The van der Waals surface area contributed by atoms with Crippen LogP contribution in [0.25, 0.3) is 22.0 Å². The van der Waals surface area contributed by atoms with Gasteiger partial charge in [0.05, 0.1) is 23.8 Å². The number of rotatable bonds is 5. The van der Waals surface area contributed by atoms with Crippen LogP contribution in [0.3, 0.4) is 0 Å². The van der Waals surface area contributed by atoms with Crippen molar-refractivity contribution in [3.63, 3.8) is 0 Å². The van der Waals surface area contributed by atoms with Gasteiger partial charge in [-0.3, -0.25) is 14.3 Å². The number of carbonyl (C=O) groups excluding carboxylic acids is 2. The molecule has 146 valence electrons. The van der Waals surface area contributed by atoms with Crippen molar-refractivity contribution in [1.82, 2.24) is 19.9 Å². The van der Waals surface area contributed by atoms with Crippen LogP contribution in [0.2, 0.25) is 0 Å². The molecule has 1 aromatic carbocycles. The number of pyridine rings is 1. The molecule has 0 spiro atoms. The first-order chi connectivity index (χ1) is 13.9. The zero-order valence-corrected chi connectivity index (χ0v) is 15.8. The summed E-state index contributed by atoms with van der Waals surface area (Å²) in [7, 11) is 0. The molecule has 4 aromatic rings. The van der Waals surface area contributed by atoms with Crippen LogP contribution in [-0.2, 0) is 6.54 Å². The van der Waals surface area contributed by atoms with E-state index in [4.69, 9.17) is 16.0 Å². The van der Waals surface area contributed by atoms with E-state index < -0.39 is 11.8 Å². The lowest BCUT2D eigenvalue weighted by Gasteiger charge is -2.14. The molecular weight excluding hydrogens is 372 g/mol. The number of aryl methyl sites for hydroxylation is 1. The minimum Gasteiger partial charge on any atom is -0.366 e. The fourth-order valence-corrected chi connectivity index (χ4v) is 3.41. The molecule has 9 nitrogen and oxygen atoms in total. The number of amides is 2. The van der Waals surface area contributed by atoms with Crippen LogP contribution in [0.4, 0.5) is 0 Å². The number of carbonyl (C=O) groups is 2. The van der Waals surface area contributed by atoms with Crippen molar-refractivity contribution < 1.29 is 14.1 Å². The molecule has 0 fully saturated rings. The average Bonchev–Trinajstić information content (AvgIpc) is 3.25. The summed E-state index contributed by atoms with van der Waals surface area (Å²) in [5.74, 6) is -0.747. The normalized spacial score (nSPS) is 11.1. The van der Waals surface area contributed by atoms with E-state index in [1.54, 1.807) is 42.1 Å². The second-order valence-electron chi connectivity index (χ2n) is 6.69. The summed E-state index contributed by atoms with van der Waals surface area (Å²) in [6.45, 7) is 3.99. The van der Waals surface area contributed by atoms with Crippen LogP contribution in [0.15, 0.2) is 41.1 Å². The van der Waals surface area contributed by atoms with E-state index in [9.17, 15) is 9.59 Å². The van der Waals surface area contributed by atoms with E-state index in [0.29, 0.717) is 40.2 Å². The van der Waals surface area contributed by atoms with Gasteiger partial charge in [-0.1, -0.05) is 23.4 Å². The first-order valence-corrected chi connectivity index (χ1v) is 8.84. The molecule has 0 bridgehead atoms. The van der Waals surface area contributed by atoms with Gasteiger partial charge in [0.15, 0.2) is 0 Å². The second-order valence-corrected chi connectivity index (χ2v) is 6.69. The molecule has 2 amide bonds. The van der Waals surface area contributed by atoms with E-state index in [0.717, 1.165) is 0 Å². The zero-order valence-electron chi connectivity index (χ0n) is 15.8. The van der Waals surface area contributed by atoms with Crippen LogP contribution in [-0.4, -0.2) is 31.7 Å². The molecule has 0 saturated heterocycles. The molecule has 4 rings (SSSR count). The first kappa shape index (κ1) is 18.4. The highest BCUT2D eigenvalue weighted by Crippen LogP contribution is 2.34. The quantitative estimate of drug-likeness (QED) is 0.533. The average molecular weight is 390 g/mol. The molecule has 0 saturated carbocycles. The molecular formula is C20H18N6O3. The maximum Gasteiger partial charge on any atom is 0.267 e. The van der Waals surface area contributed by atoms with Gasteiger partial charge in [0.1, 0.15) is 17.1 Å². The van der Waals surface area contributed by atoms with Gasteiger partial charge in [0, 0.05) is 28.3 Å². The van der Waals surface area contributed by atoms with Crippen molar-refractivity contribution in [2.24, 2.45) is 11.5 Å². The summed E-state index contributed by atoms with van der Waals surface area (Å²) >= 11 is 0. The van der Waals surface area contributed by atoms with Crippen molar-refractivity contribution in [2.45, 2.75) is 20.4 Å². The van der Waals surface area contributed by atoms with Crippen LogP contribution < -0.4 is 11.5 Å². The number of para-hydroxylation sites is 1. The van der Waals surface area contributed by atoms with E-state index in [2.05, 4.69) is 15.2 Å². The third kappa shape index (κ3) is 3.12. The third-order valence-electron chi connectivity index (χ3n) is 4.73. The van der Waals surface area contributed by atoms with Crippen LogP contribution in [0, 0.1) is 13.8 Å². The van der Waals surface area contributed by atoms with Crippen molar-refractivity contribution in [3.05, 3.63) is 64.9 Å². The van der Waals surface area contributed by atoms with Gasteiger partial charge < -0.3 is 16.0 Å². The molecule has 0 atom stereocenters. The van der Waals surface area contributed by atoms with Crippen LogP contribution in [0.1, 0.15) is 38.0 Å². The maximum absolute atomic E-state index is 12.4. The van der Waals surface area contributed by atoms with Gasteiger partial charge in [0.2, 0.25) is 5.91 Å². The Morgan fingerprint density at radius 1 is 1.14 bits per heavy atom. The highest BCUT2D eigenvalue weighted by molar-refractivity contribution is 6.15. The minimum atomic E-state index is -0.757. The Morgan fingerprint density at radius 3 is 2.55 bits per heavy atom. The summed E-state index contributed by atoms with van der Waals surface area (Å²) in [5, 5.41) is 8.89. The van der Waals surface area contributed by atoms with Gasteiger partial charge >= 0.3 is 0 Å². The largest absolute Gasteiger partial charge is 0.366 e. The Balaban J connectivity index is 1.96. The highest BCUT2D eigenvalue weighted by Gasteiger charge is 2.25. The molecule has 0 unspecified atom stereocenters. The molecule has 29 heavy (non-hydrogen) atoms. The van der Waals surface area contributed by atoms with Gasteiger partial charge in [-0.2, -0.15) is 5.10 Å². The van der Waals surface area contributed by atoms with Crippen molar-refractivity contribution in [3.8, 4) is 11.1 Å². The molecule has 4 N–H and O–H groups in total. The van der Waals surface area contributed by atoms with E-state index in [-0.39, 0.29) is 16.8 Å². The Kier molecular flexibility index (Phi) is 4.34. The summed E-state index contributed by atoms with van der Waals surface area (Å²) < 4.78 is 6.79. The van der Waals surface area contributed by atoms with E-state index in [1.807, 2.05) is 13.0 Å². The molecule has 9 heteroatoms. The standard InChI is InChI=1S/C20H18N6O3/c1-10-7-12(25-29-10)9-26-11(2)14(8-23-26)16-17(19(21)27)13-5-3-4-6-15(13)24-18(16)20(22)28/h3-8H,9H2,1-2H3,(H2,21,27)(H2,22,28). The number of hydrogen-bond donors (Lipinski definition) is 2. The van der Waals surface area contributed by atoms with E-state index >= 15 is 0 Å². The first-order valence-electron chi connectivity index (χ1n) is 8.84. The topological polar surface area (TPSA) is 143 Å². The Hall–Kier alpha value is -4.01. The molecule has 0 aliphatic rings. The van der Waals surface area contributed by atoms with Crippen molar-refractivity contribution in [1.29, 1.82) is 0 Å². The molecule has 3 aromatic heterocycles. The van der Waals surface area contributed by atoms with Gasteiger partial charge in [-0.25, -0.2) is 4.98 Å². The number of nitrogens with zero attached hydrogens (tertiary/aromatic N) is 4. The molecule has 0 aliphatic carbocycles. The zero-order chi connectivity index (χ0) is 20.7. The summed E-state index contributed by atoms with van der Waals surface area (Å²) in [4.78, 5) is 29.0. The lowest BCUT2D eigenvalue weighted by Crippen LogP contribution is -2.20. The number of nitrogens with two attached hydrogens (primary N) is 2. The molecule has 3 heterocycles. The Morgan fingerprint density at radius 2 is 1.90 bits per heavy atom. The number of primary amides is 2. The number of fused-ring (bicyclic) bond motifs is 1. The van der Waals surface area contributed by atoms with Gasteiger partial charge in [-0.05, 0) is 19.9 Å². The highest BCUT2D eigenvalue weighted by atomic mass is 16.5. The summed E-state index contributed by atoms with van der Waals surface area (Å²) in [6.07, 6.45) is 1.56. The Bertz CT molecular complexity index is 1270. The summed E-state index contributed by atoms with van der Waals surface area (Å²) in [6, 6.07) is 8.76. The smallest absolute Gasteiger partial charge is 0.267 e. The van der Waals surface area contributed by atoms with Crippen molar-refractivity contribution >= 4 is 22.7 Å². The van der Waals surface area contributed by atoms with Gasteiger partial charge in [-0.15, -0.1) is 0 Å². The fourth-order valence-electron chi connectivity index (χ4n) is 3.41. The number of hydrogen-bond acceptors (Lipinski definition) is 6. The monoisotopic (exact) mass is 390 g/mol. The third-order valence-corrected chi connectivity index (χ3v) is 4.73. The lowest BCUT2D eigenvalue weighted by molar-refractivity contribution is 0.0996. The number of benzene rings is 1. The SMILES string of the molecule is Cc1cc(Cn2ncc(-c3c(C(N)=O)nc4ccccc4c3C(N)=O)c2C)no1. The molecule has 0 radical (unpaired) electrons.